The van der Waals surface area contributed by atoms with Crippen LogP contribution in [0.1, 0.15) is 18.0 Å². The van der Waals surface area contributed by atoms with E-state index in [-0.39, 0.29) is 6.04 Å². The molecule has 0 N–H and O–H groups in total. The highest BCUT2D eigenvalue weighted by atomic mass is 19.1. The van der Waals surface area contributed by atoms with Crippen LogP contribution in [0.3, 0.4) is 0 Å². The largest absolute Gasteiger partial charge is 0.296 e. The van der Waals surface area contributed by atoms with E-state index in [0.717, 1.165) is 0 Å². The molecule has 70 valence electrons. The van der Waals surface area contributed by atoms with Gasteiger partial charge in [0.1, 0.15) is 6.17 Å². The van der Waals surface area contributed by atoms with Crippen molar-refractivity contribution in [1.82, 2.24) is 4.90 Å². The highest BCUT2D eigenvalue weighted by molar-refractivity contribution is 5.20. The quantitative estimate of drug-likeness (QED) is 0.640. The van der Waals surface area contributed by atoms with Crippen LogP contribution < -0.4 is 0 Å². The molecule has 2 heteroatoms. The molecule has 1 aliphatic rings. The molecule has 2 atom stereocenters. The summed E-state index contributed by atoms with van der Waals surface area (Å²) in [5.41, 5.74) is 1.23. The molecule has 1 aliphatic heterocycles. The first-order chi connectivity index (χ1) is 6.27. The average molecular weight is 179 g/mol. The Labute approximate surface area is 78.2 Å². The summed E-state index contributed by atoms with van der Waals surface area (Å²) >= 11 is 0. The van der Waals surface area contributed by atoms with Crippen LogP contribution in [0.2, 0.25) is 0 Å². The van der Waals surface area contributed by atoms with Crippen LogP contribution in [0.15, 0.2) is 30.3 Å². The smallest absolute Gasteiger partial charge is 0.115 e. The second-order valence-electron chi connectivity index (χ2n) is 3.70. The standard InChI is InChI=1S/C11H14FN/c1-13-8-10(12)7-11(13)9-5-3-2-4-6-9/h2-6,10-11H,7-8H2,1H3. The number of halogens is 1. The van der Waals surface area contributed by atoms with Crippen molar-refractivity contribution in [3.8, 4) is 0 Å². The van der Waals surface area contributed by atoms with Crippen LogP contribution in [0.25, 0.3) is 0 Å². The fraction of sp³-hybridized carbons (Fsp3) is 0.455. The Morgan fingerprint density at radius 2 is 2.00 bits per heavy atom. The second-order valence-corrected chi connectivity index (χ2v) is 3.70. The van der Waals surface area contributed by atoms with Crippen LogP contribution >= 0.6 is 0 Å². The van der Waals surface area contributed by atoms with Gasteiger partial charge in [0.2, 0.25) is 0 Å². The summed E-state index contributed by atoms with van der Waals surface area (Å²) in [7, 11) is 1.98. The van der Waals surface area contributed by atoms with E-state index >= 15 is 0 Å². The topological polar surface area (TPSA) is 3.24 Å². The number of benzene rings is 1. The number of hydrogen-bond donors (Lipinski definition) is 0. The fourth-order valence-corrected chi connectivity index (χ4v) is 2.00. The zero-order valence-electron chi connectivity index (χ0n) is 7.78. The molecule has 1 aromatic rings. The van der Waals surface area contributed by atoms with Crippen LogP contribution in [0, 0.1) is 0 Å². The first-order valence-electron chi connectivity index (χ1n) is 4.66. The molecule has 2 rings (SSSR count). The molecule has 0 saturated carbocycles. The molecule has 1 fully saturated rings. The normalized spacial score (nSPS) is 29.4. The van der Waals surface area contributed by atoms with Crippen molar-refractivity contribution in [3.05, 3.63) is 35.9 Å². The summed E-state index contributed by atoms with van der Waals surface area (Å²) < 4.78 is 13.1. The monoisotopic (exact) mass is 179 g/mol. The van der Waals surface area contributed by atoms with Crippen molar-refractivity contribution < 1.29 is 4.39 Å². The van der Waals surface area contributed by atoms with Crippen molar-refractivity contribution >= 4 is 0 Å². The fourth-order valence-electron chi connectivity index (χ4n) is 2.00. The molecule has 1 nitrogen and oxygen atoms in total. The van der Waals surface area contributed by atoms with Crippen molar-refractivity contribution in [2.24, 2.45) is 0 Å². The van der Waals surface area contributed by atoms with Gasteiger partial charge in [-0.05, 0) is 19.0 Å². The lowest BCUT2D eigenvalue weighted by atomic mass is 10.0. The molecule has 0 bridgehead atoms. The molecular formula is C11H14FN. The molecule has 1 aromatic carbocycles. The Hall–Kier alpha value is -0.890. The molecule has 2 unspecified atom stereocenters. The van der Waals surface area contributed by atoms with Gasteiger partial charge in [-0.25, -0.2) is 4.39 Å². The summed E-state index contributed by atoms with van der Waals surface area (Å²) in [5, 5.41) is 0. The summed E-state index contributed by atoms with van der Waals surface area (Å²) in [6.07, 6.45) is -0.0178. The lowest BCUT2D eigenvalue weighted by molar-refractivity contribution is 0.297. The predicted molar refractivity (Wildman–Crippen MR) is 51.3 cm³/mol. The second kappa shape index (κ2) is 3.46. The molecule has 0 aromatic heterocycles. The maximum Gasteiger partial charge on any atom is 0.115 e. The maximum atomic E-state index is 13.1. The maximum absolute atomic E-state index is 13.1. The van der Waals surface area contributed by atoms with Crippen molar-refractivity contribution in [2.75, 3.05) is 13.6 Å². The number of hydrogen-bond acceptors (Lipinski definition) is 1. The number of rotatable bonds is 1. The van der Waals surface area contributed by atoms with Gasteiger partial charge in [0.05, 0.1) is 0 Å². The third-order valence-electron chi connectivity index (χ3n) is 2.68. The summed E-state index contributed by atoms with van der Waals surface area (Å²) in [4.78, 5) is 2.08. The van der Waals surface area contributed by atoms with Crippen LogP contribution in [-0.4, -0.2) is 24.7 Å². The lowest BCUT2D eigenvalue weighted by Gasteiger charge is -2.18. The molecule has 1 saturated heterocycles. The highest BCUT2D eigenvalue weighted by Crippen LogP contribution is 2.31. The third kappa shape index (κ3) is 1.73. The molecule has 0 aliphatic carbocycles. The van der Waals surface area contributed by atoms with Gasteiger partial charge < -0.3 is 0 Å². The Balaban J connectivity index is 2.18. The van der Waals surface area contributed by atoms with Gasteiger partial charge in [0.25, 0.3) is 0 Å². The van der Waals surface area contributed by atoms with Crippen LogP contribution in [0.5, 0.6) is 0 Å². The Morgan fingerprint density at radius 1 is 1.31 bits per heavy atom. The van der Waals surface area contributed by atoms with Gasteiger partial charge in [-0.1, -0.05) is 30.3 Å². The van der Waals surface area contributed by atoms with Gasteiger partial charge >= 0.3 is 0 Å². The van der Waals surface area contributed by atoms with E-state index in [1.54, 1.807) is 0 Å². The molecule has 0 amide bonds. The van der Waals surface area contributed by atoms with Gasteiger partial charge in [-0.2, -0.15) is 0 Å². The third-order valence-corrected chi connectivity index (χ3v) is 2.68. The van der Waals surface area contributed by atoms with E-state index in [1.165, 1.54) is 5.56 Å². The zero-order chi connectivity index (χ0) is 9.26. The van der Waals surface area contributed by atoms with E-state index in [0.29, 0.717) is 13.0 Å². The van der Waals surface area contributed by atoms with E-state index in [2.05, 4.69) is 17.0 Å². The summed E-state index contributed by atoms with van der Waals surface area (Å²) in [6, 6.07) is 10.4. The Morgan fingerprint density at radius 3 is 2.54 bits per heavy atom. The number of nitrogens with zero attached hydrogens (tertiary/aromatic N) is 1. The minimum Gasteiger partial charge on any atom is -0.296 e. The van der Waals surface area contributed by atoms with Crippen molar-refractivity contribution in [1.29, 1.82) is 0 Å². The minimum atomic E-state index is -0.657. The Kier molecular flexibility index (Phi) is 2.32. The molecular weight excluding hydrogens is 165 g/mol. The van der Waals surface area contributed by atoms with E-state index < -0.39 is 6.17 Å². The van der Waals surface area contributed by atoms with E-state index in [1.807, 2.05) is 25.2 Å². The Bertz CT molecular complexity index is 273. The minimum absolute atomic E-state index is 0.274. The summed E-state index contributed by atoms with van der Waals surface area (Å²) in [6.45, 7) is 0.569. The zero-order valence-corrected chi connectivity index (χ0v) is 7.78. The first kappa shape index (κ1) is 8.70. The van der Waals surface area contributed by atoms with Crippen LogP contribution in [0.4, 0.5) is 4.39 Å². The molecule has 0 spiro atoms. The molecule has 0 radical (unpaired) electrons. The average Bonchev–Trinajstić information content (AvgIpc) is 2.47. The van der Waals surface area contributed by atoms with Crippen LogP contribution in [-0.2, 0) is 0 Å². The van der Waals surface area contributed by atoms with E-state index in [4.69, 9.17) is 0 Å². The predicted octanol–water partition coefficient (Wildman–Crippen LogP) is 2.40. The number of alkyl halides is 1. The highest BCUT2D eigenvalue weighted by Gasteiger charge is 2.29. The van der Waals surface area contributed by atoms with Crippen molar-refractivity contribution in [2.45, 2.75) is 18.6 Å². The van der Waals surface area contributed by atoms with Gasteiger partial charge in [-0.15, -0.1) is 0 Å². The first-order valence-corrected chi connectivity index (χ1v) is 4.66. The number of likely N-dealkylation sites (tertiary alicyclic amines) is 1. The van der Waals surface area contributed by atoms with E-state index in [9.17, 15) is 4.39 Å². The van der Waals surface area contributed by atoms with Crippen molar-refractivity contribution in [3.63, 3.8) is 0 Å². The van der Waals surface area contributed by atoms with Gasteiger partial charge in [-0.3, -0.25) is 4.90 Å². The summed E-state index contributed by atoms with van der Waals surface area (Å²) in [5.74, 6) is 0. The molecule has 1 heterocycles. The van der Waals surface area contributed by atoms with Gasteiger partial charge in [0.15, 0.2) is 0 Å². The van der Waals surface area contributed by atoms with Gasteiger partial charge in [0, 0.05) is 12.6 Å². The SMILES string of the molecule is CN1CC(F)CC1c1ccccc1. The lowest BCUT2D eigenvalue weighted by Crippen LogP contribution is -2.18. The molecule has 13 heavy (non-hydrogen) atoms.